The average molecular weight is 256 g/mol. The van der Waals surface area contributed by atoms with Crippen molar-refractivity contribution in [1.82, 2.24) is 4.98 Å². The van der Waals surface area contributed by atoms with E-state index in [4.69, 9.17) is 4.42 Å². The van der Waals surface area contributed by atoms with E-state index in [2.05, 4.69) is 33.2 Å². The second-order valence-corrected chi connectivity index (χ2v) is 4.71. The van der Waals surface area contributed by atoms with Crippen molar-refractivity contribution in [3.05, 3.63) is 59.2 Å². The van der Waals surface area contributed by atoms with E-state index >= 15 is 0 Å². The molecule has 0 saturated heterocycles. The Labute approximate surface area is 109 Å². The normalized spacial score (nSPS) is 10.4. The predicted octanol–water partition coefficient (Wildman–Crippen LogP) is 4.02. The third-order valence-corrected chi connectivity index (χ3v) is 3.39. The van der Waals surface area contributed by atoms with E-state index in [9.17, 15) is 0 Å². The van der Waals surface area contributed by atoms with Gasteiger partial charge in [-0.2, -0.15) is 11.3 Å². The zero-order valence-corrected chi connectivity index (χ0v) is 10.5. The van der Waals surface area contributed by atoms with Gasteiger partial charge in [-0.25, -0.2) is 4.98 Å². The highest BCUT2D eigenvalue weighted by Gasteiger charge is 2.02. The number of nitrogens with one attached hydrogen (secondary N) is 1. The number of hydrogen-bond donors (Lipinski definition) is 1. The van der Waals surface area contributed by atoms with Crippen LogP contribution in [0.25, 0.3) is 11.3 Å². The van der Waals surface area contributed by atoms with Crippen molar-refractivity contribution >= 4 is 17.0 Å². The third-order valence-electron chi connectivity index (χ3n) is 2.66. The first kappa shape index (κ1) is 11.0. The maximum atomic E-state index is 5.29. The Balaban J connectivity index is 1.75. The molecule has 2 aromatic heterocycles. The van der Waals surface area contributed by atoms with Crippen LogP contribution < -0.4 is 5.32 Å². The second kappa shape index (κ2) is 5.06. The smallest absolute Gasteiger partial charge is 0.181 e. The Morgan fingerprint density at radius 1 is 1.28 bits per heavy atom. The van der Waals surface area contributed by atoms with Crippen LogP contribution in [0.4, 0.5) is 5.69 Å². The minimum absolute atomic E-state index is 0.786. The monoisotopic (exact) mass is 256 g/mol. The Bertz CT molecular complexity index is 603. The molecule has 0 atom stereocenters. The van der Waals surface area contributed by atoms with Gasteiger partial charge in [-0.3, -0.25) is 0 Å². The van der Waals surface area contributed by atoms with E-state index in [1.165, 1.54) is 12.0 Å². The highest BCUT2D eigenvalue weighted by atomic mass is 32.1. The summed E-state index contributed by atoms with van der Waals surface area (Å²) in [5.74, 6) is 0.786. The van der Waals surface area contributed by atoms with E-state index in [1.54, 1.807) is 17.5 Å². The summed E-state index contributed by atoms with van der Waals surface area (Å²) in [6, 6.07) is 10.3. The predicted molar refractivity (Wildman–Crippen MR) is 73.6 cm³/mol. The van der Waals surface area contributed by atoms with E-state index in [1.807, 2.05) is 18.2 Å². The first-order valence-corrected chi connectivity index (χ1v) is 6.60. The molecule has 0 aliphatic rings. The molecule has 1 N–H and O–H groups in total. The van der Waals surface area contributed by atoms with Gasteiger partial charge in [0.1, 0.15) is 0 Å². The summed E-state index contributed by atoms with van der Waals surface area (Å²) in [7, 11) is 0. The maximum absolute atomic E-state index is 5.29. The van der Waals surface area contributed by atoms with Crippen LogP contribution in [-0.4, -0.2) is 4.98 Å². The van der Waals surface area contributed by atoms with Crippen molar-refractivity contribution in [3.63, 3.8) is 0 Å². The van der Waals surface area contributed by atoms with Gasteiger partial charge in [-0.15, -0.1) is 0 Å². The molecule has 3 aromatic rings. The molecule has 0 unspecified atom stereocenters. The molecule has 2 heterocycles. The van der Waals surface area contributed by atoms with Crippen LogP contribution in [0.15, 0.2) is 58.1 Å². The summed E-state index contributed by atoms with van der Waals surface area (Å²) in [5, 5.41) is 7.63. The highest BCUT2D eigenvalue weighted by molar-refractivity contribution is 7.07. The van der Waals surface area contributed by atoms with Crippen LogP contribution in [-0.2, 0) is 6.54 Å². The minimum Gasteiger partial charge on any atom is -0.444 e. The van der Waals surface area contributed by atoms with Crippen LogP contribution >= 0.6 is 11.3 Å². The summed E-state index contributed by atoms with van der Waals surface area (Å²) in [6.45, 7) is 0.837. The van der Waals surface area contributed by atoms with Crippen molar-refractivity contribution in [2.24, 2.45) is 0 Å². The molecule has 18 heavy (non-hydrogen) atoms. The maximum Gasteiger partial charge on any atom is 0.181 e. The van der Waals surface area contributed by atoms with E-state index in [0.717, 1.165) is 23.6 Å². The Morgan fingerprint density at radius 2 is 2.28 bits per heavy atom. The number of thiophene rings is 1. The standard InChI is InChI=1S/C14H12N2OS/c1-2-12(14-8-15-10-17-14)6-13(3-1)16-7-11-4-5-18-9-11/h1-6,8-10,16H,7H2. The van der Waals surface area contributed by atoms with Gasteiger partial charge in [0.05, 0.1) is 6.20 Å². The Hall–Kier alpha value is -2.07. The fourth-order valence-corrected chi connectivity index (χ4v) is 2.41. The Kier molecular flexibility index (Phi) is 3.10. The Morgan fingerprint density at radius 3 is 3.06 bits per heavy atom. The highest BCUT2D eigenvalue weighted by Crippen LogP contribution is 2.22. The quantitative estimate of drug-likeness (QED) is 0.766. The lowest BCUT2D eigenvalue weighted by Gasteiger charge is -2.06. The largest absolute Gasteiger partial charge is 0.444 e. The molecule has 90 valence electrons. The van der Waals surface area contributed by atoms with E-state index in [-0.39, 0.29) is 0 Å². The van der Waals surface area contributed by atoms with Crippen LogP contribution in [0.2, 0.25) is 0 Å². The SMILES string of the molecule is c1cc(NCc2ccsc2)cc(-c2cnco2)c1. The molecule has 0 aliphatic carbocycles. The zero-order valence-electron chi connectivity index (χ0n) is 9.67. The summed E-state index contributed by atoms with van der Waals surface area (Å²) < 4.78 is 5.29. The first-order chi connectivity index (χ1) is 8.92. The average Bonchev–Trinajstić information content (AvgIpc) is 3.10. The van der Waals surface area contributed by atoms with Crippen molar-refractivity contribution < 1.29 is 4.42 Å². The van der Waals surface area contributed by atoms with Crippen molar-refractivity contribution in [1.29, 1.82) is 0 Å². The molecule has 0 amide bonds. The van der Waals surface area contributed by atoms with Gasteiger partial charge in [-0.05, 0) is 34.5 Å². The topological polar surface area (TPSA) is 38.1 Å². The molecule has 3 rings (SSSR count). The van der Waals surface area contributed by atoms with Crippen LogP contribution in [0, 0.1) is 0 Å². The number of nitrogens with zero attached hydrogens (tertiary/aromatic N) is 1. The van der Waals surface area contributed by atoms with Gasteiger partial charge in [0.2, 0.25) is 0 Å². The number of aromatic nitrogens is 1. The molecule has 0 saturated carbocycles. The van der Waals surface area contributed by atoms with Crippen LogP contribution in [0.1, 0.15) is 5.56 Å². The molecule has 4 heteroatoms. The van der Waals surface area contributed by atoms with E-state index < -0.39 is 0 Å². The minimum atomic E-state index is 0.786. The van der Waals surface area contributed by atoms with Crippen LogP contribution in [0.5, 0.6) is 0 Å². The lowest BCUT2D eigenvalue weighted by Crippen LogP contribution is -1.97. The summed E-state index contributed by atoms with van der Waals surface area (Å²) in [5.41, 5.74) is 3.41. The molecule has 0 aliphatic heterocycles. The first-order valence-electron chi connectivity index (χ1n) is 5.66. The summed E-state index contributed by atoms with van der Waals surface area (Å²) in [6.07, 6.45) is 3.17. The molecule has 3 nitrogen and oxygen atoms in total. The van der Waals surface area contributed by atoms with Crippen molar-refractivity contribution in [2.75, 3.05) is 5.32 Å². The van der Waals surface area contributed by atoms with E-state index in [0.29, 0.717) is 0 Å². The van der Waals surface area contributed by atoms with Gasteiger partial charge in [0, 0.05) is 17.8 Å². The fourth-order valence-electron chi connectivity index (χ4n) is 1.74. The van der Waals surface area contributed by atoms with Crippen LogP contribution in [0.3, 0.4) is 0 Å². The van der Waals surface area contributed by atoms with Gasteiger partial charge < -0.3 is 9.73 Å². The number of anilines is 1. The molecule has 0 spiro atoms. The van der Waals surface area contributed by atoms with Gasteiger partial charge in [0.25, 0.3) is 0 Å². The van der Waals surface area contributed by atoms with Gasteiger partial charge >= 0.3 is 0 Å². The molecule has 0 radical (unpaired) electrons. The number of rotatable bonds is 4. The number of benzene rings is 1. The molecule has 1 aromatic carbocycles. The third kappa shape index (κ3) is 2.43. The number of oxazole rings is 1. The van der Waals surface area contributed by atoms with Gasteiger partial charge in [-0.1, -0.05) is 12.1 Å². The molecular weight excluding hydrogens is 244 g/mol. The zero-order chi connectivity index (χ0) is 12.2. The second-order valence-electron chi connectivity index (χ2n) is 3.93. The lowest BCUT2D eigenvalue weighted by molar-refractivity contribution is 0.572. The number of hydrogen-bond acceptors (Lipinski definition) is 4. The molecule has 0 fully saturated rings. The fraction of sp³-hybridized carbons (Fsp3) is 0.0714. The summed E-state index contributed by atoms with van der Waals surface area (Å²) >= 11 is 1.71. The van der Waals surface area contributed by atoms with Crippen molar-refractivity contribution in [3.8, 4) is 11.3 Å². The van der Waals surface area contributed by atoms with Crippen molar-refractivity contribution in [2.45, 2.75) is 6.54 Å². The summed E-state index contributed by atoms with van der Waals surface area (Å²) in [4.78, 5) is 3.93. The molecule has 0 bridgehead atoms. The van der Waals surface area contributed by atoms with Gasteiger partial charge in [0.15, 0.2) is 12.2 Å². The lowest BCUT2D eigenvalue weighted by atomic mass is 10.1. The molecular formula is C14H12N2OS.